The van der Waals surface area contributed by atoms with E-state index in [0.29, 0.717) is 19.2 Å². The van der Waals surface area contributed by atoms with Gasteiger partial charge in [0.15, 0.2) is 0 Å². The summed E-state index contributed by atoms with van der Waals surface area (Å²) in [5, 5.41) is 8.63. The van der Waals surface area contributed by atoms with Crippen molar-refractivity contribution < 1.29 is 14.3 Å². The van der Waals surface area contributed by atoms with E-state index in [1.54, 1.807) is 0 Å². The molecule has 0 rings (SSSR count). The van der Waals surface area contributed by atoms with E-state index in [2.05, 4.69) is 13.5 Å². The highest BCUT2D eigenvalue weighted by Crippen LogP contribution is 2.12. The number of aliphatic carboxylic acids is 1. The highest BCUT2D eigenvalue weighted by Gasteiger charge is 2.02. The highest BCUT2D eigenvalue weighted by atomic mass is 19.1. The molecule has 3 heteroatoms. The van der Waals surface area contributed by atoms with Gasteiger partial charge < -0.3 is 5.11 Å². The molecule has 0 aromatic heterocycles. The Morgan fingerprint density at radius 3 is 1.63 bits per heavy atom. The van der Waals surface area contributed by atoms with Crippen molar-refractivity contribution in [1.29, 1.82) is 0 Å². The van der Waals surface area contributed by atoms with E-state index in [4.69, 9.17) is 5.11 Å². The lowest BCUT2D eigenvalue weighted by molar-refractivity contribution is -0.132. The van der Waals surface area contributed by atoms with Crippen molar-refractivity contribution in [2.24, 2.45) is 0 Å². The van der Waals surface area contributed by atoms with E-state index in [1.807, 2.05) is 0 Å². The van der Waals surface area contributed by atoms with Crippen LogP contribution in [0.2, 0.25) is 0 Å². The molecule has 2 nitrogen and oxygen atoms in total. The topological polar surface area (TPSA) is 37.3 Å². The van der Waals surface area contributed by atoms with Crippen LogP contribution in [-0.4, -0.2) is 18.3 Å². The van der Waals surface area contributed by atoms with Gasteiger partial charge in [-0.2, -0.15) is 0 Å². The van der Waals surface area contributed by atoms with Gasteiger partial charge in [0, 0.05) is 5.57 Å². The summed E-state index contributed by atoms with van der Waals surface area (Å²) in [4.78, 5) is 10.5. The zero-order chi connectivity index (χ0) is 14.9. The molecule has 0 aliphatic heterocycles. The fourth-order valence-electron chi connectivity index (χ4n) is 1.93. The first-order valence-corrected chi connectivity index (χ1v) is 7.47. The van der Waals surface area contributed by atoms with E-state index in [9.17, 15) is 9.18 Å². The number of alkyl halides is 1. The monoisotopic (exact) mass is 274 g/mol. The summed E-state index contributed by atoms with van der Waals surface area (Å²) in [6.45, 7) is 5.77. The van der Waals surface area contributed by atoms with Crippen molar-refractivity contribution in [3.63, 3.8) is 0 Å². The first-order valence-electron chi connectivity index (χ1n) is 7.47. The van der Waals surface area contributed by atoms with E-state index in [-0.39, 0.29) is 0 Å². The molecule has 0 saturated carbocycles. The number of halogens is 1. The molecule has 19 heavy (non-hydrogen) atoms. The maximum absolute atomic E-state index is 10.5. The van der Waals surface area contributed by atoms with Crippen molar-refractivity contribution in [3.8, 4) is 0 Å². The van der Waals surface area contributed by atoms with Crippen LogP contribution in [0.3, 0.4) is 0 Å². The molecule has 0 heterocycles. The molecule has 0 unspecified atom stereocenters. The Morgan fingerprint density at radius 2 is 1.26 bits per heavy atom. The number of carboxylic acid groups (broad SMARTS) is 1. The van der Waals surface area contributed by atoms with Gasteiger partial charge in [0.1, 0.15) is 0 Å². The summed E-state index contributed by atoms with van der Waals surface area (Å²) in [6, 6.07) is 0. The van der Waals surface area contributed by atoms with Gasteiger partial charge >= 0.3 is 5.97 Å². The zero-order valence-corrected chi connectivity index (χ0v) is 12.7. The van der Waals surface area contributed by atoms with Gasteiger partial charge in [-0.3, -0.25) is 4.39 Å². The lowest BCUT2D eigenvalue weighted by Gasteiger charge is -2.02. The van der Waals surface area contributed by atoms with Crippen molar-refractivity contribution in [1.82, 2.24) is 0 Å². The van der Waals surface area contributed by atoms with Gasteiger partial charge in [-0.25, -0.2) is 4.79 Å². The van der Waals surface area contributed by atoms with Gasteiger partial charge in [0.25, 0.3) is 0 Å². The van der Waals surface area contributed by atoms with Gasteiger partial charge in [-0.15, -0.1) is 0 Å². The van der Waals surface area contributed by atoms with Crippen LogP contribution in [0.15, 0.2) is 12.2 Å². The minimum atomic E-state index is -0.846. The predicted molar refractivity (Wildman–Crippen MR) is 80.3 cm³/mol. The van der Waals surface area contributed by atoms with Crippen LogP contribution < -0.4 is 0 Å². The Morgan fingerprint density at radius 1 is 0.895 bits per heavy atom. The Balaban J connectivity index is 0. The van der Waals surface area contributed by atoms with Crippen molar-refractivity contribution in [3.05, 3.63) is 12.2 Å². The number of rotatable bonds is 12. The van der Waals surface area contributed by atoms with Gasteiger partial charge in [-0.05, 0) is 12.8 Å². The number of carboxylic acids is 1. The van der Waals surface area contributed by atoms with E-state index in [0.717, 1.165) is 12.8 Å². The van der Waals surface area contributed by atoms with Crippen molar-refractivity contribution in [2.45, 2.75) is 77.6 Å². The molecule has 1 N–H and O–H groups in total. The standard InChI is InChI=1S/C15H28O2.CH3F/c1-3-4-5-6-7-8-9-10-11-12-13-14(2)15(16)17;1-2/h2-13H2,1H3,(H,16,17);1H3. The summed E-state index contributed by atoms with van der Waals surface area (Å²) in [6.07, 6.45) is 13.4. The summed E-state index contributed by atoms with van der Waals surface area (Å²) < 4.78 is 9.50. The quantitative estimate of drug-likeness (QED) is 0.375. The van der Waals surface area contributed by atoms with E-state index >= 15 is 0 Å². The third-order valence-electron chi connectivity index (χ3n) is 3.13. The summed E-state index contributed by atoms with van der Waals surface area (Å²) >= 11 is 0. The second kappa shape index (κ2) is 17.1. The molecule has 0 spiro atoms. The predicted octanol–water partition coefficient (Wildman–Crippen LogP) is 5.52. The number of carbonyl (C=O) groups is 1. The molecular formula is C16H31FO2. The molecule has 0 aliphatic carbocycles. The van der Waals surface area contributed by atoms with Crippen LogP contribution in [0, 0.1) is 0 Å². The molecule has 0 amide bonds. The number of hydrogen-bond acceptors (Lipinski definition) is 1. The Bertz CT molecular complexity index is 215. The van der Waals surface area contributed by atoms with Gasteiger partial charge in [0.05, 0.1) is 7.18 Å². The summed E-state index contributed by atoms with van der Waals surface area (Å²) in [5.41, 5.74) is 0.351. The second-order valence-corrected chi connectivity index (χ2v) is 4.84. The van der Waals surface area contributed by atoms with Crippen LogP contribution in [0.1, 0.15) is 77.6 Å². The molecule has 0 saturated heterocycles. The SMILES string of the molecule is C=C(CCCCCCCCCCCC)C(=O)O.CF. The normalized spacial score (nSPS) is 9.63. The maximum Gasteiger partial charge on any atom is 0.330 e. The minimum Gasteiger partial charge on any atom is -0.478 e. The van der Waals surface area contributed by atoms with Crippen LogP contribution in [0.5, 0.6) is 0 Å². The Kier molecular flexibility index (Phi) is 18.5. The highest BCUT2D eigenvalue weighted by molar-refractivity contribution is 5.85. The average Bonchev–Trinajstić information content (AvgIpc) is 2.42. The molecule has 0 fully saturated rings. The molecule has 0 radical (unpaired) electrons. The molecule has 0 aromatic rings. The van der Waals surface area contributed by atoms with Gasteiger partial charge in [-0.1, -0.05) is 71.3 Å². The molecule has 0 aromatic carbocycles. The van der Waals surface area contributed by atoms with Crippen molar-refractivity contribution in [2.75, 3.05) is 7.18 Å². The second-order valence-electron chi connectivity index (χ2n) is 4.84. The Labute approximate surface area is 118 Å². The number of unbranched alkanes of at least 4 members (excludes halogenated alkanes) is 9. The molecular weight excluding hydrogens is 243 g/mol. The summed E-state index contributed by atoms with van der Waals surface area (Å²) in [5.74, 6) is -0.846. The molecule has 0 bridgehead atoms. The first kappa shape index (κ1) is 20.5. The van der Waals surface area contributed by atoms with E-state index < -0.39 is 5.97 Å². The maximum atomic E-state index is 10.5. The molecule has 0 atom stereocenters. The third kappa shape index (κ3) is 17.1. The fraction of sp³-hybridized carbons (Fsp3) is 0.812. The molecule has 114 valence electrons. The fourth-order valence-corrected chi connectivity index (χ4v) is 1.93. The average molecular weight is 274 g/mol. The smallest absolute Gasteiger partial charge is 0.330 e. The zero-order valence-electron chi connectivity index (χ0n) is 12.7. The lowest BCUT2D eigenvalue weighted by atomic mass is 10.0. The third-order valence-corrected chi connectivity index (χ3v) is 3.13. The van der Waals surface area contributed by atoms with Gasteiger partial charge in [0.2, 0.25) is 0 Å². The lowest BCUT2D eigenvalue weighted by Crippen LogP contribution is -1.98. The van der Waals surface area contributed by atoms with Crippen LogP contribution in [-0.2, 0) is 4.79 Å². The molecule has 0 aliphatic rings. The van der Waals surface area contributed by atoms with E-state index in [1.165, 1.54) is 51.4 Å². The van der Waals surface area contributed by atoms with Crippen LogP contribution in [0.25, 0.3) is 0 Å². The van der Waals surface area contributed by atoms with Crippen LogP contribution in [0.4, 0.5) is 4.39 Å². The first-order chi connectivity index (χ1) is 9.18. The number of hydrogen-bond donors (Lipinski definition) is 1. The largest absolute Gasteiger partial charge is 0.478 e. The Hall–Kier alpha value is -0.860. The minimum absolute atomic E-state index is 0.351. The van der Waals surface area contributed by atoms with Crippen LogP contribution >= 0.6 is 0 Å². The summed E-state index contributed by atoms with van der Waals surface area (Å²) in [7, 11) is 0.500. The van der Waals surface area contributed by atoms with Crippen molar-refractivity contribution >= 4 is 5.97 Å².